The lowest BCUT2D eigenvalue weighted by Crippen LogP contribution is -2.31. The number of aryl methyl sites for hydroxylation is 1. The summed E-state index contributed by atoms with van der Waals surface area (Å²) in [6, 6.07) is 7.65. The molecule has 1 aromatic rings. The van der Waals surface area contributed by atoms with Gasteiger partial charge in [0.15, 0.2) is 5.11 Å². The van der Waals surface area contributed by atoms with Crippen LogP contribution in [0.4, 0.5) is 0 Å². The topological polar surface area (TPSA) is 49.4 Å². The van der Waals surface area contributed by atoms with E-state index >= 15 is 0 Å². The highest BCUT2D eigenvalue weighted by atomic mass is 32.1. The highest BCUT2D eigenvalue weighted by molar-refractivity contribution is 7.80. The number of nitrogens with zero attached hydrogens (tertiary/aromatic N) is 1. The van der Waals surface area contributed by atoms with Gasteiger partial charge in [0, 0.05) is 6.92 Å². The third kappa shape index (κ3) is 2.31. The molecule has 92 valence electrons. The van der Waals surface area contributed by atoms with E-state index in [1.807, 2.05) is 31.2 Å². The van der Waals surface area contributed by atoms with Crippen molar-refractivity contribution in [2.24, 2.45) is 0 Å². The minimum Gasteiger partial charge on any atom is -0.297 e. The average Bonchev–Trinajstić information content (AvgIpc) is 2.57. The summed E-state index contributed by atoms with van der Waals surface area (Å²) in [4.78, 5) is 24.4. The first-order valence-electron chi connectivity index (χ1n) is 5.43. The van der Waals surface area contributed by atoms with Crippen molar-refractivity contribution in [2.75, 3.05) is 0 Å². The van der Waals surface area contributed by atoms with Crippen LogP contribution in [0.15, 0.2) is 30.0 Å². The van der Waals surface area contributed by atoms with Crippen molar-refractivity contribution in [3.63, 3.8) is 0 Å². The number of rotatable bonds is 1. The van der Waals surface area contributed by atoms with Gasteiger partial charge in [-0.3, -0.25) is 19.8 Å². The molecule has 0 spiro atoms. The maximum Gasteiger partial charge on any atom is 0.274 e. The van der Waals surface area contributed by atoms with Gasteiger partial charge in [0.25, 0.3) is 5.91 Å². The molecule has 5 heteroatoms. The lowest BCUT2D eigenvalue weighted by Gasteiger charge is -2.12. The molecular formula is C13H12N2O2S. The molecule has 0 aromatic heterocycles. The summed E-state index contributed by atoms with van der Waals surface area (Å²) in [5.41, 5.74) is 2.24. The fraction of sp³-hybridized carbons (Fsp3) is 0.154. The van der Waals surface area contributed by atoms with Gasteiger partial charge < -0.3 is 0 Å². The van der Waals surface area contributed by atoms with E-state index in [-0.39, 0.29) is 22.6 Å². The minimum atomic E-state index is -0.351. The number of carbonyl (C=O) groups is 2. The van der Waals surface area contributed by atoms with Gasteiger partial charge in [-0.25, -0.2) is 0 Å². The zero-order valence-electron chi connectivity index (χ0n) is 10.1. The molecule has 1 fully saturated rings. The molecule has 0 aliphatic carbocycles. The zero-order chi connectivity index (χ0) is 13.3. The second kappa shape index (κ2) is 4.70. The van der Waals surface area contributed by atoms with Crippen molar-refractivity contribution >= 4 is 35.2 Å². The third-order valence-corrected chi connectivity index (χ3v) is 2.88. The Kier molecular flexibility index (Phi) is 3.25. The van der Waals surface area contributed by atoms with Crippen LogP contribution in [-0.2, 0) is 9.59 Å². The number of benzene rings is 1. The monoisotopic (exact) mass is 260 g/mol. The van der Waals surface area contributed by atoms with E-state index < -0.39 is 0 Å². The lowest BCUT2D eigenvalue weighted by atomic mass is 10.1. The predicted molar refractivity (Wildman–Crippen MR) is 72.4 cm³/mol. The Hall–Kier alpha value is -2.01. The van der Waals surface area contributed by atoms with Crippen molar-refractivity contribution in [3.8, 4) is 0 Å². The maximum atomic E-state index is 11.7. The largest absolute Gasteiger partial charge is 0.297 e. The van der Waals surface area contributed by atoms with Crippen LogP contribution in [0.3, 0.4) is 0 Å². The fourth-order valence-electron chi connectivity index (χ4n) is 1.69. The van der Waals surface area contributed by atoms with Gasteiger partial charge >= 0.3 is 0 Å². The van der Waals surface area contributed by atoms with Crippen molar-refractivity contribution < 1.29 is 9.59 Å². The first kappa shape index (κ1) is 12.4. The van der Waals surface area contributed by atoms with E-state index in [0.29, 0.717) is 0 Å². The zero-order valence-corrected chi connectivity index (χ0v) is 10.9. The summed E-state index contributed by atoms with van der Waals surface area (Å²) in [5.74, 6) is -0.632. The smallest absolute Gasteiger partial charge is 0.274 e. The van der Waals surface area contributed by atoms with Gasteiger partial charge in [0.2, 0.25) is 5.91 Å². The fourth-order valence-corrected chi connectivity index (χ4v) is 2.01. The molecule has 2 amide bonds. The highest BCUT2D eigenvalue weighted by Crippen LogP contribution is 2.17. The van der Waals surface area contributed by atoms with Crippen LogP contribution >= 0.6 is 12.2 Å². The van der Waals surface area contributed by atoms with Gasteiger partial charge in [0.05, 0.1) is 0 Å². The minimum absolute atomic E-state index is 0.130. The van der Waals surface area contributed by atoms with E-state index in [0.717, 1.165) is 11.1 Å². The number of amides is 2. The van der Waals surface area contributed by atoms with Crippen molar-refractivity contribution in [3.05, 3.63) is 41.1 Å². The molecule has 4 nitrogen and oxygen atoms in total. The second-order valence-corrected chi connectivity index (χ2v) is 4.44. The van der Waals surface area contributed by atoms with Crippen LogP contribution in [0, 0.1) is 6.92 Å². The summed E-state index contributed by atoms with van der Waals surface area (Å²) in [6.07, 6.45) is 1.65. The second-order valence-electron chi connectivity index (χ2n) is 4.05. The molecule has 18 heavy (non-hydrogen) atoms. The Morgan fingerprint density at radius 2 is 1.94 bits per heavy atom. The van der Waals surface area contributed by atoms with Crippen LogP contribution in [0.5, 0.6) is 0 Å². The Bertz CT molecular complexity index is 561. The molecule has 1 aliphatic rings. The van der Waals surface area contributed by atoms with Crippen molar-refractivity contribution in [1.82, 2.24) is 10.2 Å². The standard InChI is InChI=1S/C13H12N2O2S/c1-8-3-5-10(6-4-8)7-11-12(17)14-13(18)15(11)9(2)16/h3-7H,1-2H3,(H,14,17,18). The van der Waals surface area contributed by atoms with E-state index in [1.54, 1.807) is 6.08 Å². The van der Waals surface area contributed by atoms with Crippen LogP contribution in [0.25, 0.3) is 6.08 Å². The lowest BCUT2D eigenvalue weighted by molar-refractivity contribution is -0.125. The Morgan fingerprint density at radius 1 is 1.33 bits per heavy atom. The summed E-state index contributed by atoms with van der Waals surface area (Å²) in [6.45, 7) is 3.35. The van der Waals surface area contributed by atoms with Gasteiger partial charge in [-0.05, 0) is 30.8 Å². The molecule has 2 rings (SSSR count). The van der Waals surface area contributed by atoms with Crippen LogP contribution in [-0.4, -0.2) is 21.8 Å². The molecule has 1 aliphatic heterocycles. The van der Waals surface area contributed by atoms with E-state index in [4.69, 9.17) is 12.2 Å². The van der Waals surface area contributed by atoms with Crippen LogP contribution < -0.4 is 5.32 Å². The molecule has 0 bridgehead atoms. The number of hydrogen-bond acceptors (Lipinski definition) is 3. The Morgan fingerprint density at radius 3 is 2.50 bits per heavy atom. The van der Waals surface area contributed by atoms with Gasteiger partial charge in [-0.1, -0.05) is 29.8 Å². The van der Waals surface area contributed by atoms with E-state index in [9.17, 15) is 9.59 Å². The van der Waals surface area contributed by atoms with Gasteiger partial charge in [-0.2, -0.15) is 0 Å². The summed E-state index contributed by atoms with van der Waals surface area (Å²) in [7, 11) is 0. The summed E-state index contributed by atoms with van der Waals surface area (Å²) >= 11 is 4.94. The molecule has 0 unspecified atom stereocenters. The number of carbonyl (C=O) groups excluding carboxylic acids is 2. The van der Waals surface area contributed by atoms with E-state index in [2.05, 4.69) is 5.32 Å². The molecule has 0 saturated carbocycles. The molecule has 1 saturated heterocycles. The highest BCUT2D eigenvalue weighted by Gasteiger charge is 2.32. The van der Waals surface area contributed by atoms with Crippen LogP contribution in [0.1, 0.15) is 18.1 Å². The Labute approximate surface area is 110 Å². The number of nitrogens with one attached hydrogen (secondary N) is 1. The number of thiocarbonyl (C=S) groups is 1. The molecule has 0 radical (unpaired) electrons. The molecule has 1 N–H and O–H groups in total. The normalized spacial score (nSPS) is 17.2. The maximum absolute atomic E-state index is 11.7. The predicted octanol–water partition coefficient (Wildman–Crippen LogP) is 1.60. The first-order chi connectivity index (χ1) is 8.49. The summed E-state index contributed by atoms with van der Waals surface area (Å²) in [5, 5.41) is 2.59. The number of hydrogen-bond donors (Lipinski definition) is 1. The van der Waals surface area contributed by atoms with Gasteiger partial charge in [0.1, 0.15) is 5.70 Å². The molecule has 1 heterocycles. The van der Waals surface area contributed by atoms with Crippen LogP contribution in [0.2, 0.25) is 0 Å². The Balaban J connectivity index is 2.41. The molecule has 0 atom stereocenters. The third-order valence-electron chi connectivity index (χ3n) is 2.59. The summed E-state index contributed by atoms with van der Waals surface area (Å²) < 4.78 is 0. The SMILES string of the molecule is CC(=O)N1C(=S)NC(=O)C1=Cc1ccc(C)cc1. The first-order valence-corrected chi connectivity index (χ1v) is 5.84. The van der Waals surface area contributed by atoms with Crippen molar-refractivity contribution in [2.45, 2.75) is 13.8 Å². The molecule has 1 aromatic carbocycles. The van der Waals surface area contributed by atoms with Gasteiger partial charge in [-0.15, -0.1) is 0 Å². The molecular weight excluding hydrogens is 248 g/mol. The van der Waals surface area contributed by atoms with Crippen molar-refractivity contribution in [1.29, 1.82) is 0 Å². The quantitative estimate of drug-likeness (QED) is 0.616. The van der Waals surface area contributed by atoms with E-state index in [1.165, 1.54) is 11.8 Å². The average molecular weight is 260 g/mol.